The highest BCUT2D eigenvalue weighted by Crippen LogP contribution is 2.28. The molecule has 0 spiro atoms. The Hall–Kier alpha value is -2.81. The second kappa shape index (κ2) is 5.43. The van der Waals surface area contributed by atoms with E-state index in [1.165, 1.54) is 16.3 Å². The van der Waals surface area contributed by atoms with Gasteiger partial charge in [0.05, 0.1) is 18.1 Å². The van der Waals surface area contributed by atoms with E-state index < -0.39 is 0 Å². The van der Waals surface area contributed by atoms with Crippen LogP contribution in [0.1, 0.15) is 24.2 Å². The topological polar surface area (TPSA) is 37.9 Å². The number of benzene rings is 3. The molecule has 3 aromatic carbocycles. The molecule has 1 atom stereocenters. The molecule has 4 aromatic rings. The van der Waals surface area contributed by atoms with E-state index in [1.54, 1.807) is 7.11 Å². The smallest absolute Gasteiger partial charge is 0.119 e. The number of hydrogen-bond donors (Lipinski definition) is 1. The summed E-state index contributed by atoms with van der Waals surface area (Å²) in [6, 6.07) is 20.8. The van der Waals surface area contributed by atoms with Crippen LogP contribution >= 0.6 is 0 Å². The number of fused-ring (bicyclic) bond motifs is 2. The number of H-pyrrole nitrogens is 1. The van der Waals surface area contributed by atoms with Gasteiger partial charge in [0.2, 0.25) is 0 Å². The standard InChI is InChI=1S/C20H18N2O/c1-13(20-21-18-5-3-4-6-19(18)22-20)14-7-8-16-12-17(23-2)10-9-15(16)11-14/h3-13H,1-2H3,(H,21,22)/t13-/m0/s1. The van der Waals surface area contributed by atoms with Crippen LogP contribution in [0.3, 0.4) is 0 Å². The molecule has 1 aromatic heterocycles. The van der Waals surface area contributed by atoms with Crippen molar-refractivity contribution in [3.8, 4) is 5.75 Å². The zero-order chi connectivity index (χ0) is 15.8. The van der Waals surface area contributed by atoms with Crippen LogP contribution in [0.5, 0.6) is 5.75 Å². The van der Waals surface area contributed by atoms with Crippen molar-refractivity contribution < 1.29 is 4.74 Å². The van der Waals surface area contributed by atoms with Crippen molar-refractivity contribution in [2.75, 3.05) is 7.11 Å². The molecule has 3 heteroatoms. The Bertz CT molecular complexity index is 954. The fraction of sp³-hybridized carbons (Fsp3) is 0.150. The van der Waals surface area contributed by atoms with Crippen molar-refractivity contribution in [3.63, 3.8) is 0 Å². The van der Waals surface area contributed by atoms with Gasteiger partial charge in [-0.2, -0.15) is 0 Å². The number of methoxy groups -OCH3 is 1. The van der Waals surface area contributed by atoms with Crippen molar-refractivity contribution >= 4 is 21.8 Å². The number of para-hydroxylation sites is 2. The summed E-state index contributed by atoms with van der Waals surface area (Å²) in [6.45, 7) is 2.18. The van der Waals surface area contributed by atoms with Crippen molar-refractivity contribution in [3.05, 3.63) is 72.1 Å². The quantitative estimate of drug-likeness (QED) is 0.586. The number of aromatic amines is 1. The van der Waals surface area contributed by atoms with E-state index in [4.69, 9.17) is 9.72 Å². The maximum atomic E-state index is 5.29. The molecule has 1 heterocycles. The second-order valence-corrected chi connectivity index (χ2v) is 5.83. The van der Waals surface area contributed by atoms with Crippen LogP contribution in [-0.4, -0.2) is 17.1 Å². The van der Waals surface area contributed by atoms with Crippen LogP contribution in [-0.2, 0) is 0 Å². The lowest BCUT2D eigenvalue weighted by Gasteiger charge is -2.11. The second-order valence-electron chi connectivity index (χ2n) is 5.83. The molecule has 0 saturated heterocycles. The van der Waals surface area contributed by atoms with Crippen LogP contribution in [0, 0.1) is 0 Å². The first-order chi connectivity index (χ1) is 11.2. The largest absolute Gasteiger partial charge is 0.497 e. The molecule has 4 rings (SSSR count). The van der Waals surface area contributed by atoms with Gasteiger partial charge in [0.25, 0.3) is 0 Å². The Balaban J connectivity index is 1.75. The normalized spacial score (nSPS) is 12.6. The lowest BCUT2D eigenvalue weighted by molar-refractivity contribution is 0.415. The number of nitrogens with one attached hydrogen (secondary N) is 1. The number of rotatable bonds is 3. The molecule has 0 aliphatic carbocycles. The molecule has 0 saturated carbocycles. The summed E-state index contributed by atoms with van der Waals surface area (Å²) in [7, 11) is 1.69. The van der Waals surface area contributed by atoms with Gasteiger partial charge >= 0.3 is 0 Å². The first kappa shape index (κ1) is 13.8. The minimum absolute atomic E-state index is 0.217. The Morgan fingerprint density at radius 1 is 0.957 bits per heavy atom. The number of ether oxygens (including phenoxy) is 1. The summed E-state index contributed by atoms with van der Waals surface area (Å²) in [5, 5.41) is 2.40. The summed E-state index contributed by atoms with van der Waals surface area (Å²) in [6.07, 6.45) is 0. The summed E-state index contributed by atoms with van der Waals surface area (Å²) in [4.78, 5) is 8.15. The first-order valence-electron chi connectivity index (χ1n) is 7.77. The number of hydrogen-bond acceptors (Lipinski definition) is 2. The predicted molar refractivity (Wildman–Crippen MR) is 94.1 cm³/mol. The fourth-order valence-corrected chi connectivity index (χ4v) is 2.97. The predicted octanol–water partition coefficient (Wildman–Crippen LogP) is 4.88. The van der Waals surface area contributed by atoms with Gasteiger partial charge < -0.3 is 9.72 Å². The fourth-order valence-electron chi connectivity index (χ4n) is 2.97. The molecule has 0 aliphatic heterocycles. The molecule has 0 amide bonds. The molecule has 0 bridgehead atoms. The molecule has 0 aliphatic rings. The van der Waals surface area contributed by atoms with E-state index in [2.05, 4.69) is 48.3 Å². The maximum Gasteiger partial charge on any atom is 0.119 e. The van der Waals surface area contributed by atoms with Crippen LogP contribution in [0.15, 0.2) is 60.7 Å². The molecule has 3 nitrogen and oxygen atoms in total. The van der Waals surface area contributed by atoms with E-state index in [-0.39, 0.29) is 5.92 Å². The highest BCUT2D eigenvalue weighted by molar-refractivity contribution is 5.84. The molecule has 1 N–H and O–H groups in total. The zero-order valence-corrected chi connectivity index (χ0v) is 13.2. The Morgan fingerprint density at radius 2 is 1.74 bits per heavy atom. The van der Waals surface area contributed by atoms with E-state index in [0.29, 0.717) is 0 Å². The van der Waals surface area contributed by atoms with Crippen LogP contribution in [0.25, 0.3) is 21.8 Å². The molecule has 0 radical (unpaired) electrons. The van der Waals surface area contributed by atoms with Gasteiger partial charge in [-0.3, -0.25) is 0 Å². The van der Waals surface area contributed by atoms with E-state index in [0.717, 1.165) is 22.6 Å². The minimum Gasteiger partial charge on any atom is -0.497 e. The SMILES string of the molecule is COc1ccc2cc([C@H](C)c3nc4ccccc4[nH]3)ccc2c1. The van der Waals surface area contributed by atoms with E-state index >= 15 is 0 Å². The molecule has 0 unspecified atom stereocenters. The van der Waals surface area contributed by atoms with E-state index in [9.17, 15) is 0 Å². The van der Waals surface area contributed by atoms with Crippen LogP contribution < -0.4 is 4.74 Å². The summed E-state index contributed by atoms with van der Waals surface area (Å²) in [5.74, 6) is 2.10. The van der Waals surface area contributed by atoms with Crippen molar-refractivity contribution in [1.29, 1.82) is 0 Å². The van der Waals surface area contributed by atoms with Crippen LogP contribution in [0.4, 0.5) is 0 Å². The summed E-state index contributed by atoms with van der Waals surface area (Å²) < 4.78 is 5.29. The van der Waals surface area contributed by atoms with Gasteiger partial charge in [0, 0.05) is 5.92 Å². The maximum absolute atomic E-state index is 5.29. The molecule has 0 fully saturated rings. The minimum atomic E-state index is 0.217. The third-order valence-electron chi connectivity index (χ3n) is 4.39. The Labute approximate surface area is 134 Å². The van der Waals surface area contributed by atoms with Crippen LogP contribution in [0.2, 0.25) is 0 Å². The highest BCUT2D eigenvalue weighted by Gasteiger charge is 2.13. The van der Waals surface area contributed by atoms with Gasteiger partial charge in [-0.15, -0.1) is 0 Å². The third-order valence-corrected chi connectivity index (χ3v) is 4.39. The highest BCUT2D eigenvalue weighted by atomic mass is 16.5. The number of imidazole rings is 1. The van der Waals surface area contributed by atoms with Crippen molar-refractivity contribution in [2.24, 2.45) is 0 Å². The van der Waals surface area contributed by atoms with Crippen molar-refractivity contribution in [2.45, 2.75) is 12.8 Å². The van der Waals surface area contributed by atoms with Gasteiger partial charge in [0.15, 0.2) is 0 Å². The average molecular weight is 302 g/mol. The third kappa shape index (κ3) is 2.44. The molecule has 23 heavy (non-hydrogen) atoms. The monoisotopic (exact) mass is 302 g/mol. The van der Waals surface area contributed by atoms with Crippen molar-refractivity contribution in [1.82, 2.24) is 9.97 Å². The van der Waals surface area contributed by atoms with Gasteiger partial charge in [-0.05, 0) is 40.6 Å². The number of aromatic nitrogens is 2. The van der Waals surface area contributed by atoms with Gasteiger partial charge in [-0.25, -0.2) is 4.98 Å². The molecular formula is C20H18N2O. The molecular weight excluding hydrogens is 284 g/mol. The Morgan fingerprint density at radius 3 is 2.57 bits per heavy atom. The Kier molecular flexibility index (Phi) is 3.27. The number of nitrogens with zero attached hydrogens (tertiary/aromatic N) is 1. The van der Waals surface area contributed by atoms with Gasteiger partial charge in [-0.1, -0.05) is 43.3 Å². The first-order valence-corrected chi connectivity index (χ1v) is 7.77. The summed E-state index contributed by atoms with van der Waals surface area (Å²) in [5.41, 5.74) is 3.35. The van der Waals surface area contributed by atoms with Gasteiger partial charge in [0.1, 0.15) is 11.6 Å². The lowest BCUT2D eigenvalue weighted by atomic mass is 9.97. The average Bonchev–Trinajstić information content (AvgIpc) is 3.04. The van der Waals surface area contributed by atoms with E-state index in [1.807, 2.05) is 24.3 Å². The summed E-state index contributed by atoms with van der Waals surface area (Å²) >= 11 is 0. The zero-order valence-electron chi connectivity index (χ0n) is 13.2. The lowest BCUT2D eigenvalue weighted by Crippen LogP contribution is -1.98. The molecule has 114 valence electrons.